The van der Waals surface area contributed by atoms with Crippen molar-refractivity contribution in [3.05, 3.63) is 36.0 Å². The number of carbonyl (C=O) groups excluding carboxylic acids is 3. The molecule has 0 aliphatic rings. The summed E-state index contributed by atoms with van der Waals surface area (Å²) >= 11 is 0. The van der Waals surface area contributed by atoms with Gasteiger partial charge in [-0.2, -0.15) is 0 Å². The number of para-hydroxylation sites is 1. The van der Waals surface area contributed by atoms with Crippen LogP contribution in [-0.2, 0) is 25.6 Å². The first-order chi connectivity index (χ1) is 18.4. The van der Waals surface area contributed by atoms with Crippen LogP contribution < -0.4 is 33.2 Å². The number of rotatable bonds is 15. The average molecular weight is 549 g/mol. The molecule has 1 aromatic carbocycles. The fourth-order valence-corrected chi connectivity index (χ4v) is 3.79. The third-order valence-electron chi connectivity index (χ3n) is 5.89. The summed E-state index contributed by atoms with van der Waals surface area (Å²) in [4.78, 5) is 56.7. The van der Waals surface area contributed by atoms with Crippen molar-refractivity contribution in [1.29, 1.82) is 0 Å². The van der Waals surface area contributed by atoms with Gasteiger partial charge in [0.2, 0.25) is 17.7 Å². The van der Waals surface area contributed by atoms with Gasteiger partial charge in [-0.1, -0.05) is 18.2 Å². The molecule has 214 valence electrons. The highest BCUT2D eigenvalue weighted by molar-refractivity contribution is 5.94. The molecule has 0 radical (unpaired) electrons. The summed E-state index contributed by atoms with van der Waals surface area (Å²) in [6, 6.07) is 2.03. The SMILES string of the molecule is CC(O)C(NC(=O)C(CCCN=C(N)N)NC(=O)C(CO)NC(=O)C(N)Cc1c[nH]c2ccccc12)C(=O)O. The number of guanidine groups is 1. The number of carboxylic acids is 1. The van der Waals surface area contributed by atoms with Gasteiger partial charge in [0.15, 0.2) is 12.0 Å². The number of hydrogen-bond donors (Lipinski definition) is 10. The van der Waals surface area contributed by atoms with Crippen LogP contribution in [0.1, 0.15) is 25.3 Å². The second-order valence-corrected chi connectivity index (χ2v) is 8.99. The zero-order chi connectivity index (χ0) is 29.1. The number of carbonyl (C=O) groups is 4. The molecule has 15 nitrogen and oxygen atoms in total. The summed E-state index contributed by atoms with van der Waals surface area (Å²) in [7, 11) is 0. The number of aliphatic imine (C=N–C) groups is 1. The number of nitrogens with two attached hydrogens (primary N) is 3. The number of H-pyrrole nitrogens is 1. The Bertz CT molecular complexity index is 1180. The lowest BCUT2D eigenvalue weighted by molar-refractivity contribution is -0.145. The van der Waals surface area contributed by atoms with E-state index in [0.29, 0.717) is 0 Å². The Hall–Kier alpha value is -4.21. The topological polar surface area (TPSA) is 271 Å². The minimum atomic E-state index is -1.63. The van der Waals surface area contributed by atoms with Crippen molar-refractivity contribution in [2.75, 3.05) is 13.2 Å². The lowest BCUT2D eigenvalue weighted by Crippen LogP contribution is -2.59. The Morgan fingerprint density at radius 2 is 1.67 bits per heavy atom. The third kappa shape index (κ3) is 9.24. The number of nitrogens with one attached hydrogen (secondary N) is 4. The predicted molar refractivity (Wildman–Crippen MR) is 142 cm³/mol. The number of aromatic amines is 1. The Labute approximate surface area is 224 Å². The van der Waals surface area contributed by atoms with Crippen LogP contribution in [0.5, 0.6) is 0 Å². The van der Waals surface area contributed by atoms with E-state index < -0.39 is 60.6 Å². The van der Waals surface area contributed by atoms with Crippen molar-refractivity contribution in [3.63, 3.8) is 0 Å². The molecule has 0 saturated carbocycles. The first-order valence-corrected chi connectivity index (χ1v) is 12.2. The van der Waals surface area contributed by atoms with Crippen LogP contribution in [0.25, 0.3) is 10.9 Å². The molecule has 2 rings (SSSR count). The molecule has 13 N–H and O–H groups in total. The van der Waals surface area contributed by atoms with E-state index in [2.05, 4.69) is 25.9 Å². The van der Waals surface area contributed by atoms with Gasteiger partial charge in [0.05, 0.1) is 18.8 Å². The maximum absolute atomic E-state index is 12.9. The minimum Gasteiger partial charge on any atom is -0.480 e. The van der Waals surface area contributed by atoms with E-state index in [9.17, 15) is 34.5 Å². The van der Waals surface area contributed by atoms with Crippen LogP contribution in [0.3, 0.4) is 0 Å². The van der Waals surface area contributed by atoms with Gasteiger partial charge in [0.1, 0.15) is 12.1 Å². The first kappa shape index (κ1) is 31.0. The smallest absolute Gasteiger partial charge is 0.328 e. The number of aromatic nitrogens is 1. The van der Waals surface area contributed by atoms with Crippen LogP contribution in [0.2, 0.25) is 0 Å². The van der Waals surface area contributed by atoms with E-state index in [0.717, 1.165) is 16.5 Å². The van der Waals surface area contributed by atoms with Crippen LogP contribution >= 0.6 is 0 Å². The molecule has 2 aromatic rings. The zero-order valence-corrected chi connectivity index (χ0v) is 21.5. The quantitative estimate of drug-likeness (QED) is 0.0612. The molecule has 15 heteroatoms. The van der Waals surface area contributed by atoms with Crippen LogP contribution in [-0.4, -0.2) is 93.4 Å². The number of fused-ring (bicyclic) bond motifs is 1. The number of aliphatic hydroxyl groups excluding tert-OH is 2. The fourth-order valence-electron chi connectivity index (χ4n) is 3.79. The molecule has 0 bridgehead atoms. The van der Waals surface area contributed by atoms with Crippen molar-refractivity contribution in [2.24, 2.45) is 22.2 Å². The van der Waals surface area contributed by atoms with Crippen LogP contribution in [0.15, 0.2) is 35.5 Å². The van der Waals surface area contributed by atoms with Gasteiger partial charge in [-0.05, 0) is 37.8 Å². The summed E-state index contributed by atoms with van der Waals surface area (Å²) < 4.78 is 0. The van der Waals surface area contributed by atoms with E-state index in [1.165, 1.54) is 6.92 Å². The normalized spacial score (nSPS) is 14.9. The van der Waals surface area contributed by atoms with Gasteiger partial charge in [0, 0.05) is 23.6 Å². The van der Waals surface area contributed by atoms with Gasteiger partial charge in [-0.3, -0.25) is 19.4 Å². The summed E-state index contributed by atoms with van der Waals surface area (Å²) in [5.74, 6) is -4.17. The van der Waals surface area contributed by atoms with Crippen molar-refractivity contribution in [3.8, 4) is 0 Å². The number of hydrogen-bond acceptors (Lipinski definition) is 8. The number of amides is 3. The maximum atomic E-state index is 12.9. The monoisotopic (exact) mass is 548 g/mol. The largest absolute Gasteiger partial charge is 0.480 e. The number of nitrogens with zero attached hydrogens (tertiary/aromatic N) is 1. The number of aliphatic hydroxyl groups is 2. The molecule has 5 unspecified atom stereocenters. The second-order valence-electron chi connectivity index (χ2n) is 8.99. The van der Waals surface area contributed by atoms with Gasteiger partial charge >= 0.3 is 5.97 Å². The molecule has 1 aromatic heterocycles. The van der Waals surface area contributed by atoms with Gasteiger partial charge in [-0.25, -0.2) is 4.79 Å². The van der Waals surface area contributed by atoms with Crippen molar-refractivity contribution in [2.45, 2.75) is 56.5 Å². The maximum Gasteiger partial charge on any atom is 0.328 e. The minimum absolute atomic E-state index is 0.0212. The Morgan fingerprint density at radius 3 is 2.28 bits per heavy atom. The molecule has 1 heterocycles. The van der Waals surface area contributed by atoms with Crippen molar-refractivity contribution in [1.82, 2.24) is 20.9 Å². The zero-order valence-electron chi connectivity index (χ0n) is 21.5. The van der Waals surface area contributed by atoms with E-state index in [4.69, 9.17) is 17.2 Å². The van der Waals surface area contributed by atoms with E-state index >= 15 is 0 Å². The number of aliphatic carboxylic acids is 1. The second kappa shape index (κ2) is 14.7. The molecular formula is C24H36N8O7. The standard InChI is InChI=1S/C24H36N8O7/c1-12(34)19(23(38)39)32-21(36)17(7-4-8-28-24(26)27)30-22(37)18(11-33)31-20(35)15(25)9-13-10-29-16-6-3-2-5-14(13)16/h2-3,5-6,10,12,15,17-19,29,33-34H,4,7-9,11,25H2,1H3,(H,30,37)(H,31,35)(H,32,36)(H,38,39)(H4,26,27,28). The predicted octanol–water partition coefficient (Wildman–Crippen LogP) is -3.00. The Kier molecular flexibility index (Phi) is 11.7. The van der Waals surface area contributed by atoms with Crippen LogP contribution in [0, 0.1) is 0 Å². The average Bonchev–Trinajstić information content (AvgIpc) is 3.29. The molecule has 3 amide bonds. The summed E-state index contributed by atoms with van der Waals surface area (Å²) in [6.07, 6.45) is 0.659. The van der Waals surface area contributed by atoms with E-state index in [-0.39, 0.29) is 31.8 Å². The molecule has 0 fully saturated rings. The van der Waals surface area contributed by atoms with Gasteiger partial charge in [-0.15, -0.1) is 0 Å². The number of carboxylic acid groups (broad SMARTS) is 1. The summed E-state index contributed by atoms with van der Waals surface area (Å²) in [6.45, 7) is 0.497. The van der Waals surface area contributed by atoms with Crippen molar-refractivity contribution < 1.29 is 34.5 Å². The first-order valence-electron chi connectivity index (χ1n) is 12.2. The third-order valence-corrected chi connectivity index (χ3v) is 5.89. The van der Waals surface area contributed by atoms with E-state index in [1.807, 2.05) is 24.3 Å². The highest BCUT2D eigenvalue weighted by Gasteiger charge is 2.31. The lowest BCUT2D eigenvalue weighted by atomic mass is 10.0. The summed E-state index contributed by atoms with van der Waals surface area (Å²) in [5, 5.41) is 36.5. The molecule has 0 spiro atoms. The van der Waals surface area contributed by atoms with Gasteiger partial charge in [0.25, 0.3) is 0 Å². The molecule has 5 atom stereocenters. The van der Waals surface area contributed by atoms with E-state index in [1.54, 1.807) is 6.20 Å². The Balaban J connectivity index is 2.07. The number of benzene rings is 1. The molecule has 39 heavy (non-hydrogen) atoms. The Morgan fingerprint density at radius 1 is 1.03 bits per heavy atom. The molecular weight excluding hydrogens is 512 g/mol. The molecule has 0 saturated heterocycles. The summed E-state index contributed by atoms with van der Waals surface area (Å²) in [5.41, 5.74) is 18.3. The highest BCUT2D eigenvalue weighted by atomic mass is 16.4. The van der Waals surface area contributed by atoms with Crippen LogP contribution in [0.4, 0.5) is 0 Å². The molecule has 0 aliphatic carbocycles. The van der Waals surface area contributed by atoms with Gasteiger partial charge < -0.3 is 53.5 Å². The van der Waals surface area contributed by atoms with Crippen molar-refractivity contribution >= 4 is 40.6 Å². The highest BCUT2D eigenvalue weighted by Crippen LogP contribution is 2.18. The molecule has 0 aliphatic heterocycles. The fraction of sp³-hybridized carbons (Fsp3) is 0.458. The lowest BCUT2D eigenvalue weighted by Gasteiger charge is -2.25.